The van der Waals surface area contributed by atoms with Crippen LogP contribution in [-0.4, -0.2) is 36.8 Å². The molecule has 1 saturated heterocycles. The van der Waals surface area contributed by atoms with Gasteiger partial charge in [-0.25, -0.2) is 0 Å². The fraction of sp³-hybridized carbons (Fsp3) is 0.533. The van der Waals surface area contributed by atoms with Crippen LogP contribution in [0.3, 0.4) is 0 Å². The molecule has 1 N–H and O–H groups in total. The lowest BCUT2D eigenvalue weighted by atomic mass is 10.0. The molecule has 1 aliphatic heterocycles. The molecule has 1 aromatic carbocycles. The molecule has 2 rings (SSSR count). The van der Waals surface area contributed by atoms with Gasteiger partial charge in [-0.1, -0.05) is 13.0 Å². The zero-order valence-electron chi connectivity index (χ0n) is 11.6. The van der Waals surface area contributed by atoms with E-state index in [-0.39, 0.29) is 0 Å². The summed E-state index contributed by atoms with van der Waals surface area (Å²) >= 11 is 1.63. The average Bonchev–Trinajstić information content (AvgIpc) is 2.47. The fourth-order valence-electron chi connectivity index (χ4n) is 2.62. The number of hydrogen-bond acceptors (Lipinski definition) is 4. The van der Waals surface area contributed by atoms with Gasteiger partial charge in [0, 0.05) is 17.5 Å². The minimum atomic E-state index is 0.456. The van der Waals surface area contributed by atoms with Gasteiger partial charge >= 0.3 is 0 Å². The summed E-state index contributed by atoms with van der Waals surface area (Å²) in [5.74, 6) is 0. The summed E-state index contributed by atoms with van der Waals surface area (Å²) in [5.41, 5.74) is 1.76. The van der Waals surface area contributed by atoms with Crippen molar-refractivity contribution in [2.75, 3.05) is 31.2 Å². The number of nitrogens with zero attached hydrogens (tertiary/aromatic N) is 2. The zero-order valence-corrected chi connectivity index (χ0v) is 12.5. The molecule has 1 aromatic rings. The Hall–Kier alpha value is -1.18. The lowest BCUT2D eigenvalue weighted by molar-refractivity contribution is 0.227. The number of benzene rings is 1. The van der Waals surface area contributed by atoms with E-state index >= 15 is 0 Å². The van der Waals surface area contributed by atoms with Crippen molar-refractivity contribution < 1.29 is 0 Å². The Morgan fingerprint density at radius 3 is 3.05 bits per heavy atom. The van der Waals surface area contributed by atoms with Crippen molar-refractivity contribution in [2.24, 2.45) is 0 Å². The average molecular weight is 275 g/mol. The van der Waals surface area contributed by atoms with E-state index in [1.165, 1.54) is 19.4 Å². The van der Waals surface area contributed by atoms with Gasteiger partial charge in [0.1, 0.15) is 6.07 Å². The van der Waals surface area contributed by atoms with Crippen LogP contribution in [0.1, 0.15) is 25.3 Å². The molecule has 0 amide bonds. The summed E-state index contributed by atoms with van der Waals surface area (Å²) in [5, 5.41) is 12.9. The Morgan fingerprint density at radius 1 is 1.53 bits per heavy atom. The van der Waals surface area contributed by atoms with E-state index in [1.807, 2.05) is 24.5 Å². The van der Waals surface area contributed by atoms with Crippen molar-refractivity contribution in [3.63, 3.8) is 0 Å². The molecule has 1 heterocycles. The van der Waals surface area contributed by atoms with E-state index in [9.17, 15) is 5.26 Å². The van der Waals surface area contributed by atoms with E-state index in [1.54, 1.807) is 11.8 Å². The van der Waals surface area contributed by atoms with Crippen LogP contribution in [0.15, 0.2) is 23.1 Å². The van der Waals surface area contributed by atoms with Crippen LogP contribution in [0.5, 0.6) is 0 Å². The van der Waals surface area contributed by atoms with Crippen molar-refractivity contribution >= 4 is 17.4 Å². The van der Waals surface area contributed by atoms with Crippen LogP contribution in [0, 0.1) is 11.3 Å². The minimum absolute atomic E-state index is 0.456. The fourth-order valence-corrected chi connectivity index (χ4v) is 3.19. The Bertz CT molecular complexity index is 467. The number of thioether (sulfide) groups is 1. The number of likely N-dealkylation sites (tertiary alicyclic amines) is 1. The number of piperidine rings is 1. The summed E-state index contributed by atoms with van der Waals surface area (Å²) in [7, 11) is 0. The topological polar surface area (TPSA) is 39.1 Å². The van der Waals surface area contributed by atoms with Gasteiger partial charge in [0.25, 0.3) is 0 Å². The highest BCUT2D eigenvalue weighted by Crippen LogP contribution is 2.27. The molecule has 0 spiro atoms. The molecule has 1 atom stereocenters. The summed E-state index contributed by atoms with van der Waals surface area (Å²) < 4.78 is 0. The molecule has 1 aliphatic rings. The van der Waals surface area contributed by atoms with Gasteiger partial charge in [-0.15, -0.1) is 11.8 Å². The molecule has 0 aromatic heterocycles. The standard InChI is InChI=1S/C15H21N3S/c1-3-18-9-5-6-12(11-18)17-14-7-4-8-15(19-2)13(14)10-16/h4,7-8,12,17H,3,5-6,9,11H2,1-2H3. The van der Waals surface area contributed by atoms with Gasteiger partial charge in [-0.05, 0) is 44.3 Å². The smallest absolute Gasteiger partial charge is 0.102 e. The third-order valence-electron chi connectivity index (χ3n) is 3.67. The number of likely N-dealkylation sites (N-methyl/N-ethyl adjacent to an activating group) is 1. The molecular formula is C15H21N3S. The normalized spacial score (nSPS) is 19.9. The van der Waals surface area contributed by atoms with Gasteiger partial charge in [0.05, 0.1) is 11.3 Å². The second-order valence-corrected chi connectivity index (χ2v) is 5.72. The third-order valence-corrected chi connectivity index (χ3v) is 4.45. The maximum atomic E-state index is 9.34. The van der Waals surface area contributed by atoms with Gasteiger partial charge in [0.2, 0.25) is 0 Å². The SMILES string of the molecule is CCN1CCCC(Nc2cccc(SC)c2C#N)C1. The molecule has 0 radical (unpaired) electrons. The summed E-state index contributed by atoms with van der Waals surface area (Å²) in [4.78, 5) is 3.52. The van der Waals surface area contributed by atoms with Gasteiger partial charge in [0.15, 0.2) is 0 Å². The Labute approximate surface area is 120 Å². The van der Waals surface area contributed by atoms with Crippen LogP contribution in [0.2, 0.25) is 0 Å². The van der Waals surface area contributed by atoms with Crippen LogP contribution >= 0.6 is 11.8 Å². The van der Waals surface area contributed by atoms with E-state index in [2.05, 4.69) is 23.2 Å². The molecule has 0 aliphatic carbocycles. The number of nitrogens with one attached hydrogen (secondary N) is 1. The minimum Gasteiger partial charge on any atom is -0.380 e. The van der Waals surface area contributed by atoms with E-state index in [4.69, 9.17) is 0 Å². The second kappa shape index (κ2) is 6.83. The number of rotatable bonds is 4. The summed E-state index contributed by atoms with van der Waals surface area (Å²) in [6.45, 7) is 5.58. The molecule has 19 heavy (non-hydrogen) atoms. The third kappa shape index (κ3) is 3.43. The van der Waals surface area contributed by atoms with Crippen molar-refractivity contribution in [1.29, 1.82) is 5.26 Å². The molecule has 3 nitrogen and oxygen atoms in total. The van der Waals surface area contributed by atoms with E-state index < -0.39 is 0 Å². The largest absolute Gasteiger partial charge is 0.380 e. The van der Waals surface area contributed by atoms with Crippen molar-refractivity contribution in [3.05, 3.63) is 23.8 Å². The molecule has 0 saturated carbocycles. The van der Waals surface area contributed by atoms with Crippen molar-refractivity contribution in [2.45, 2.75) is 30.7 Å². The Balaban J connectivity index is 2.13. The van der Waals surface area contributed by atoms with E-state index in [0.29, 0.717) is 6.04 Å². The first-order chi connectivity index (χ1) is 9.28. The van der Waals surface area contributed by atoms with Crippen LogP contribution in [-0.2, 0) is 0 Å². The lowest BCUT2D eigenvalue weighted by Crippen LogP contribution is -2.41. The maximum Gasteiger partial charge on any atom is 0.102 e. The second-order valence-electron chi connectivity index (χ2n) is 4.87. The number of nitriles is 1. The Kier molecular flexibility index (Phi) is 5.12. The van der Waals surface area contributed by atoms with Crippen LogP contribution in [0.25, 0.3) is 0 Å². The molecule has 1 fully saturated rings. The van der Waals surface area contributed by atoms with Crippen molar-refractivity contribution in [3.8, 4) is 6.07 Å². The zero-order chi connectivity index (χ0) is 13.7. The molecule has 4 heteroatoms. The van der Waals surface area contributed by atoms with Gasteiger partial charge in [-0.3, -0.25) is 0 Å². The van der Waals surface area contributed by atoms with Gasteiger partial charge < -0.3 is 10.2 Å². The maximum absolute atomic E-state index is 9.34. The highest BCUT2D eigenvalue weighted by atomic mass is 32.2. The first-order valence-corrected chi connectivity index (χ1v) is 8.07. The molecule has 0 bridgehead atoms. The predicted octanol–water partition coefficient (Wildman–Crippen LogP) is 3.18. The first kappa shape index (κ1) is 14.2. The number of anilines is 1. The predicted molar refractivity (Wildman–Crippen MR) is 81.7 cm³/mol. The highest BCUT2D eigenvalue weighted by Gasteiger charge is 2.19. The quantitative estimate of drug-likeness (QED) is 0.857. The van der Waals surface area contributed by atoms with E-state index in [0.717, 1.165) is 29.2 Å². The highest BCUT2D eigenvalue weighted by molar-refractivity contribution is 7.98. The summed E-state index contributed by atoms with van der Waals surface area (Å²) in [6.07, 6.45) is 4.43. The molecule has 102 valence electrons. The Morgan fingerprint density at radius 2 is 2.37 bits per heavy atom. The van der Waals surface area contributed by atoms with Crippen LogP contribution < -0.4 is 5.32 Å². The van der Waals surface area contributed by atoms with Crippen molar-refractivity contribution in [1.82, 2.24) is 4.90 Å². The lowest BCUT2D eigenvalue weighted by Gasteiger charge is -2.33. The first-order valence-electron chi connectivity index (χ1n) is 6.84. The number of hydrogen-bond donors (Lipinski definition) is 1. The van der Waals surface area contributed by atoms with Gasteiger partial charge in [-0.2, -0.15) is 5.26 Å². The van der Waals surface area contributed by atoms with Crippen LogP contribution in [0.4, 0.5) is 5.69 Å². The molecule has 1 unspecified atom stereocenters. The monoisotopic (exact) mass is 275 g/mol. The molecular weight excluding hydrogens is 254 g/mol. The summed E-state index contributed by atoms with van der Waals surface area (Å²) in [6, 6.07) is 8.84.